The lowest BCUT2D eigenvalue weighted by atomic mass is 9.96. The summed E-state index contributed by atoms with van der Waals surface area (Å²) in [5.74, 6) is -0.306. The monoisotopic (exact) mass is 311 g/mol. The van der Waals surface area contributed by atoms with Gasteiger partial charge in [0.05, 0.1) is 11.3 Å². The number of sulfonamides is 1. The maximum absolute atomic E-state index is 12.4. The molecule has 116 valence electrons. The third kappa shape index (κ3) is 3.83. The second-order valence-electron chi connectivity index (χ2n) is 5.91. The number of hydrogen-bond acceptors (Lipinski definition) is 3. The van der Waals surface area contributed by atoms with Crippen molar-refractivity contribution in [3.63, 3.8) is 0 Å². The Morgan fingerprint density at radius 3 is 2.71 bits per heavy atom. The van der Waals surface area contributed by atoms with Gasteiger partial charge >= 0.3 is 5.97 Å². The first-order valence-corrected chi connectivity index (χ1v) is 8.70. The number of benzene rings is 1. The molecule has 1 atom stereocenters. The van der Waals surface area contributed by atoms with Crippen LogP contribution in [0.25, 0.3) is 0 Å². The Hall–Kier alpha value is -1.40. The van der Waals surface area contributed by atoms with Gasteiger partial charge in [-0.05, 0) is 36.0 Å². The predicted molar refractivity (Wildman–Crippen MR) is 80.5 cm³/mol. The Labute approximate surface area is 125 Å². The Balaban J connectivity index is 2.11. The van der Waals surface area contributed by atoms with E-state index in [9.17, 15) is 13.2 Å². The molecular formula is C15H21NO4S. The largest absolute Gasteiger partial charge is 0.478 e. The molecule has 0 aliphatic carbocycles. The molecule has 5 nitrogen and oxygen atoms in total. The number of aromatic carboxylic acids is 1. The van der Waals surface area contributed by atoms with Gasteiger partial charge in [-0.3, -0.25) is 0 Å². The van der Waals surface area contributed by atoms with Crippen LogP contribution in [0.2, 0.25) is 0 Å². The summed E-state index contributed by atoms with van der Waals surface area (Å²) in [7, 11) is -3.38. The highest BCUT2D eigenvalue weighted by Gasteiger charge is 2.32. The summed E-state index contributed by atoms with van der Waals surface area (Å²) in [4.78, 5) is 10.9. The van der Waals surface area contributed by atoms with Gasteiger partial charge in [0.2, 0.25) is 10.0 Å². The highest BCUT2D eigenvalue weighted by atomic mass is 32.2. The van der Waals surface area contributed by atoms with Crippen LogP contribution in [0, 0.1) is 11.8 Å². The summed E-state index contributed by atoms with van der Waals surface area (Å²) < 4.78 is 26.4. The molecule has 0 aromatic heterocycles. The smallest absolute Gasteiger partial charge is 0.335 e. The zero-order valence-electron chi connectivity index (χ0n) is 12.3. The van der Waals surface area contributed by atoms with E-state index < -0.39 is 16.0 Å². The maximum atomic E-state index is 12.4. The molecule has 1 aromatic carbocycles. The van der Waals surface area contributed by atoms with Gasteiger partial charge in [0.15, 0.2) is 0 Å². The Morgan fingerprint density at radius 2 is 2.14 bits per heavy atom. The lowest BCUT2D eigenvalue weighted by molar-refractivity contribution is 0.0696. The molecule has 0 bridgehead atoms. The molecule has 0 radical (unpaired) electrons. The predicted octanol–water partition coefficient (Wildman–Crippen LogP) is 2.19. The average molecular weight is 311 g/mol. The van der Waals surface area contributed by atoms with Crippen LogP contribution in [0.3, 0.4) is 0 Å². The van der Waals surface area contributed by atoms with E-state index in [1.807, 2.05) is 0 Å². The van der Waals surface area contributed by atoms with Gasteiger partial charge in [0, 0.05) is 13.1 Å². The minimum Gasteiger partial charge on any atom is -0.478 e. The number of carbonyl (C=O) groups is 1. The summed E-state index contributed by atoms with van der Waals surface area (Å²) in [6.07, 6.45) is 0.895. The van der Waals surface area contributed by atoms with Crippen LogP contribution in [-0.2, 0) is 15.8 Å². The first-order valence-electron chi connectivity index (χ1n) is 7.09. The molecule has 0 saturated carbocycles. The average Bonchev–Trinajstić information content (AvgIpc) is 2.89. The molecule has 1 unspecified atom stereocenters. The molecule has 1 fully saturated rings. The molecule has 0 spiro atoms. The highest BCUT2D eigenvalue weighted by molar-refractivity contribution is 7.88. The van der Waals surface area contributed by atoms with E-state index in [2.05, 4.69) is 13.8 Å². The molecule has 0 amide bonds. The van der Waals surface area contributed by atoms with Gasteiger partial charge in [-0.1, -0.05) is 26.0 Å². The van der Waals surface area contributed by atoms with E-state index in [-0.39, 0.29) is 11.3 Å². The summed E-state index contributed by atoms with van der Waals surface area (Å²) >= 11 is 0. The Bertz CT molecular complexity index is 624. The molecule has 1 heterocycles. The fourth-order valence-corrected chi connectivity index (χ4v) is 4.23. The Kier molecular flexibility index (Phi) is 4.68. The SMILES string of the molecule is CC(C)C1CCN(S(=O)(=O)Cc2cccc(C(=O)O)c2)C1. The van der Waals surface area contributed by atoms with Crippen LogP contribution in [0.1, 0.15) is 36.2 Å². The number of carboxylic acids is 1. The molecule has 1 N–H and O–H groups in total. The second-order valence-corrected chi connectivity index (χ2v) is 7.88. The minimum absolute atomic E-state index is 0.115. The normalized spacial score (nSPS) is 20.0. The lowest BCUT2D eigenvalue weighted by Gasteiger charge is -2.18. The van der Waals surface area contributed by atoms with E-state index in [0.717, 1.165) is 6.42 Å². The van der Waals surface area contributed by atoms with Gasteiger partial charge in [0.1, 0.15) is 0 Å². The van der Waals surface area contributed by atoms with Crippen molar-refractivity contribution in [3.05, 3.63) is 35.4 Å². The van der Waals surface area contributed by atoms with Gasteiger partial charge < -0.3 is 5.11 Å². The Morgan fingerprint density at radius 1 is 1.43 bits per heavy atom. The highest BCUT2D eigenvalue weighted by Crippen LogP contribution is 2.27. The fraction of sp³-hybridized carbons (Fsp3) is 0.533. The van der Waals surface area contributed by atoms with Crippen LogP contribution >= 0.6 is 0 Å². The first-order chi connectivity index (χ1) is 9.79. The van der Waals surface area contributed by atoms with Crippen LogP contribution in [0.5, 0.6) is 0 Å². The van der Waals surface area contributed by atoms with Crippen LogP contribution in [0.15, 0.2) is 24.3 Å². The molecule has 1 aromatic rings. The molecule has 2 rings (SSSR count). The van der Waals surface area contributed by atoms with Gasteiger partial charge in [-0.2, -0.15) is 0 Å². The zero-order valence-corrected chi connectivity index (χ0v) is 13.1. The summed E-state index contributed by atoms with van der Waals surface area (Å²) in [5.41, 5.74) is 0.632. The molecule has 1 saturated heterocycles. The van der Waals surface area contributed by atoms with Crippen molar-refractivity contribution >= 4 is 16.0 Å². The third-order valence-corrected chi connectivity index (χ3v) is 5.86. The number of nitrogens with zero attached hydrogens (tertiary/aromatic N) is 1. The quantitative estimate of drug-likeness (QED) is 0.904. The van der Waals surface area contributed by atoms with Gasteiger partial charge in [-0.25, -0.2) is 17.5 Å². The number of rotatable bonds is 5. The van der Waals surface area contributed by atoms with E-state index in [4.69, 9.17) is 5.11 Å². The van der Waals surface area contributed by atoms with Crippen LogP contribution in [-0.4, -0.2) is 36.9 Å². The second kappa shape index (κ2) is 6.15. The van der Waals surface area contributed by atoms with E-state index in [0.29, 0.717) is 30.5 Å². The van der Waals surface area contributed by atoms with Crippen molar-refractivity contribution < 1.29 is 18.3 Å². The van der Waals surface area contributed by atoms with Crippen molar-refractivity contribution in [1.82, 2.24) is 4.31 Å². The van der Waals surface area contributed by atoms with Crippen molar-refractivity contribution in [2.75, 3.05) is 13.1 Å². The van der Waals surface area contributed by atoms with Crippen molar-refractivity contribution in [2.45, 2.75) is 26.0 Å². The van der Waals surface area contributed by atoms with Crippen LogP contribution in [0.4, 0.5) is 0 Å². The minimum atomic E-state index is -3.38. The van der Waals surface area contributed by atoms with Gasteiger partial charge in [-0.15, -0.1) is 0 Å². The summed E-state index contributed by atoms with van der Waals surface area (Å²) in [6, 6.07) is 6.12. The molecule has 1 aliphatic heterocycles. The number of hydrogen-bond donors (Lipinski definition) is 1. The van der Waals surface area contributed by atoms with Crippen molar-refractivity contribution in [2.24, 2.45) is 11.8 Å². The fourth-order valence-electron chi connectivity index (χ4n) is 2.65. The topological polar surface area (TPSA) is 74.7 Å². The van der Waals surface area contributed by atoms with E-state index in [1.54, 1.807) is 12.1 Å². The first kappa shape index (κ1) is 16.0. The third-order valence-electron chi connectivity index (χ3n) is 4.05. The van der Waals surface area contributed by atoms with E-state index >= 15 is 0 Å². The molecule has 21 heavy (non-hydrogen) atoms. The standard InChI is InChI=1S/C15H21NO4S/c1-11(2)14-6-7-16(9-14)21(19,20)10-12-4-3-5-13(8-12)15(17)18/h3-5,8,11,14H,6-7,9-10H2,1-2H3,(H,17,18). The maximum Gasteiger partial charge on any atom is 0.335 e. The molecule has 1 aliphatic rings. The summed E-state index contributed by atoms with van der Waals surface area (Å²) in [6.45, 7) is 5.34. The van der Waals surface area contributed by atoms with Crippen LogP contribution < -0.4 is 0 Å². The summed E-state index contributed by atoms with van der Waals surface area (Å²) in [5, 5.41) is 8.96. The zero-order chi connectivity index (χ0) is 15.6. The lowest BCUT2D eigenvalue weighted by Crippen LogP contribution is -2.30. The molecule has 6 heteroatoms. The number of carboxylic acid groups (broad SMARTS) is 1. The van der Waals surface area contributed by atoms with Crippen molar-refractivity contribution in [1.29, 1.82) is 0 Å². The van der Waals surface area contributed by atoms with Crippen molar-refractivity contribution in [3.8, 4) is 0 Å². The van der Waals surface area contributed by atoms with Gasteiger partial charge in [0.25, 0.3) is 0 Å². The molecular weight excluding hydrogens is 290 g/mol. The van der Waals surface area contributed by atoms with E-state index in [1.165, 1.54) is 16.4 Å².